The Hall–Kier alpha value is -3.45. The van der Waals surface area contributed by atoms with Crippen molar-refractivity contribution in [1.82, 2.24) is 14.4 Å². The first kappa shape index (κ1) is 23.0. The van der Waals surface area contributed by atoms with E-state index >= 15 is 0 Å². The highest BCUT2D eigenvalue weighted by molar-refractivity contribution is 6.06. The van der Waals surface area contributed by atoms with Crippen molar-refractivity contribution in [3.63, 3.8) is 0 Å². The van der Waals surface area contributed by atoms with Gasteiger partial charge >= 0.3 is 0 Å². The van der Waals surface area contributed by atoms with E-state index in [1.807, 2.05) is 51.9 Å². The molecule has 1 N–H and O–H groups in total. The summed E-state index contributed by atoms with van der Waals surface area (Å²) >= 11 is 0. The minimum Gasteiger partial charge on any atom is -0.343 e. The molecule has 0 saturated carbocycles. The lowest BCUT2D eigenvalue weighted by Crippen LogP contribution is -2.53. The average molecular weight is 485 g/mol. The molecule has 2 fully saturated rings. The van der Waals surface area contributed by atoms with Crippen molar-refractivity contribution >= 4 is 28.3 Å². The average Bonchev–Trinajstić information content (AvgIpc) is 2.90. The number of aromatic nitrogens is 1. The Morgan fingerprint density at radius 3 is 2.47 bits per heavy atom. The van der Waals surface area contributed by atoms with Crippen LogP contribution in [0.25, 0.3) is 10.8 Å². The lowest BCUT2D eigenvalue weighted by molar-refractivity contribution is -0.130. The molecule has 186 valence electrons. The molecule has 3 aromatic rings. The molecule has 4 heterocycles. The Morgan fingerprint density at radius 2 is 1.69 bits per heavy atom. The molecule has 0 unspecified atom stereocenters. The van der Waals surface area contributed by atoms with Crippen LogP contribution < -0.4 is 10.9 Å². The van der Waals surface area contributed by atoms with Crippen molar-refractivity contribution in [2.75, 3.05) is 31.5 Å². The maximum Gasteiger partial charge on any atom is 0.255 e. The van der Waals surface area contributed by atoms with Gasteiger partial charge in [0.15, 0.2) is 0 Å². The van der Waals surface area contributed by atoms with Crippen LogP contribution in [-0.2, 0) is 11.3 Å². The maximum atomic E-state index is 13.3. The number of carbonyl (C=O) groups excluding carboxylic acids is 2. The van der Waals surface area contributed by atoms with Gasteiger partial charge in [-0.2, -0.15) is 0 Å². The second kappa shape index (κ2) is 9.21. The zero-order chi connectivity index (χ0) is 24.8. The number of amides is 2. The minimum absolute atomic E-state index is 0.00613. The standard InChI is InChI=1S/C29H32N4O3/c1-19(34)31-12-10-25(11-13-31)32-16-20-14-24(18-32)28-26(8-9-27(35)33(28)17-20)30-29(36)23-7-6-21-4-2-3-5-22(21)15-23/h2-9,15,20,24-25H,10-14,16-18H2,1H3,(H,30,36)/t20-,24-/m1/s1. The largest absolute Gasteiger partial charge is 0.343 e. The van der Waals surface area contributed by atoms with Crippen molar-refractivity contribution < 1.29 is 9.59 Å². The van der Waals surface area contributed by atoms with Gasteiger partial charge < -0.3 is 14.8 Å². The van der Waals surface area contributed by atoms with E-state index in [1.165, 1.54) is 0 Å². The third-order valence-corrected chi connectivity index (χ3v) is 8.30. The van der Waals surface area contributed by atoms with Gasteiger partial charge in [0.2, 0.25) is 5.91 Å². The molecule has 2 aromatic carbocycles. The number of nitrogens with one attached hydrogen (secondary N) is 1. The van der Waals surface area contributed by atoms with Gasteiger partial charge in [0, 0.05) is 68.9 Å². The van der Waals surface area contributed by atoms with Crippen molar-refractivity contribution in [3.05, 3.63) is 76.2 Å². The number of piperidine rings is 2. The molecule has 2 amide bonds. The van der Waals surface area contributed by atoms with Gasteiger partial charge in [-0.05, 0) is 54.2 Å². The number of benzene rings is 2. The zero-order valence-electron chi connectivity index (χ0n) is 20.7. The zero-order valence-corrected chi connectivity index (χ0v) is 20.7. The fraction of sp³-hybridized carbons (Fsp3) is 0.414. The Labute approximate surface area is 210 Å². The summed E-state index contributed by atoms with van der Waals surface area (Å²) in [6.07, 6.45) is 3.02. The highest BCUT2D eigenvalue weighted by Crippen LogP contribution is 2.40. The number of nitrogens with zero attached hydrogens (tertiary/aromatic N) is 3. The predicted molar refractivity (Wildman–Crippen MR) is 140 cm³/mol. The van der Waals surface area contributed by atoms with E-state index < -0.39 is 0 Å². The lowest BCUT2D eigenvalue weighted by atomic mass is 9.81. The molecular weight excluding hydrogens is 452 g/mol. The van der Waals surface area contributed by atoms with Crippen LogP contribution in [0.3, 0.4) is 0 Å². The predicted octanol–water partition coefficient (Wildman–Crippen LogP) is 3.68. The third-order valence-electron chi connectivity index (χ3n) is 8.30. The molecule has 7 heteroatoms. The van der Waals surface area contributed by atoms with Gasteiger partial charge in [-0.25, -0.2) is 0 Å². The van der Waals surface area contributed by atoms with Gasteiger partial charge in [0.05, 0.1) is 5.69 Å². The third kappa shape index (κ3) is 4.22. The Morgan fingerprint density at radius 1 is 0.917 bits per heavy atom. The van der Waals surface area contributed by atoms with Crippen LogP contribution in [0.15, 0.2) is 59.4 Å². The maximum absolute atomic E-state index is 13.3. The van der Waals surface area contributed by atoms with E-state index in [9.17, 15) is 14.4 Å². The minimum atomic E-state index is -0.159. The molecule has 6 rings (SSSR count). The van der Waals surface area contributed by atoms with E-state index in [0.717, 1.165) is 67.6 Å². The summed E-state index contributed by atoms with van der Waals surface area (Å²) in [5.74, 6) is 0.619. The quantitative estimate of drug-likeness (QED) is 0.616. The number of carbonyl (C=O) groups is 2. The van der Waals surface area contributed by atoms with Gasteiger partial charge in [-0.15, -0.1) is 0 Å². The number of hydrogen-bond donors (Lipinski definition) is 1. The smallest absolute Gasteiger partial charge is 0.255 e. The van der Waals surface area contributed by atoms with E-state index in [0.29, 0.717) is 24.1 Å². The van der Waals surface area contributed by atoms with E-state index in [4.69, 9.17) is 0 Å². The molecule has 2 atom stereocenters. The SMILES string of the molecule is CC(=O)N1CCC(N2C[C@H]3C[C@H](C2)c2c(NC(=O)c4ccc5ccccc5c4)ccc(=O)n2C3)CC1. The number of fused-ring (bicyclic) bond motifs is 5. The molecule has 0 spiro atoms. The number of rotatable bonds is 3. The fourth-order valence-electron chi connectivity index (χ4n) is 6.53. The van der Waals surface area contributed by atoms with Crippen molar-refractivity contribution in [1.29, 1.82) is 0 Å². The number of likely N-dealkylation sites (tertiary alicyclic amines) is 2. The van der Waals surface area contributed by atoms with Crippen LogP contribution in [-0.4, -0.2) is 58.4 Å². The van der Waals surface area contributed by atoms with E-state index in [2.05, 4.69) is 10.2 Å². The second-order valence-electron chi connectivity index (χ2n) is 10.6. The molecule has 1 aromatic heterocycles. The van der Waals surface area contributed by atoms with Crippen molar-refractivity contribution in [3.8, 4) is 0 Å². The molecule has 3 aliphatic heterocycles. The first-order valence-corrected chi connectivity index (χ1v) is 13.0. The van der Waals surface area contributed by atoms with E-state index in [-0.39, 0.29) is 23.3 Å². The molecule has 2 bridgehead atoms. The first-order valence-electron chi connectivity index (χ1n) is 13.0. The van der Waals surface area contributed by atoms with E-state index in [1.54, 1.807) is 19.1 Å². The fourth-order valence-corrected chi connectivity index (χ4v) is 6.53. The second-order valence-corrected chi connectivity index (χ2v) is 10.6. The monoisotopic (exact) mass is 484 g/mol. The topological polar surface area (TPSA) is 74.7 Å². The molecule has 2 saturated heterocycles. The van der Waals surface area contributed by atoms with Crippen LogP contribution in [0.1, 0.15) is 48.2 Å². The summed E-state index contributed by atoms with van der Waals surface area (Å²) in [6, 6.07) is 17.6. The van der Waals surface area contributed by atoms with Crippen LogP contribution >= 0.6 is 0 Å². The Kier molecular flexibility index (Phi) is 5.88. The molecule has 7 nitrogen and oxygen atoms in total. The van der Waals surface area contributed by atoms with Gasteiger partial charge in [-0.1, -0.05) is 30.3 Å². The van der Waals surface area contributed by atoms with Gasteiger partial charge in [0.25, 0.3) is 11.5 Å². The molecule has 0 aliphatic carbocycles. The Balaban J connectivity index is 1.25. The number of anilines is 1. The van der Waals surface area contributed by atoms with Crippen molar-refractivity contribution in [2.45, 2.75) is 44.7 Å². The highest BCUT2D eigenvalue weighted by atomic mass is 16.2. The summed E-state index contributed by atoms with van der Waals surface area (Å²) < 4.78 is 1.89. The number of hydrogen-bond acceptors (Lipinski definition) is 4. The Bertz CT molecular complexity index is 1390. The summed E-state index contributed by atoms with van der Waals surface area (Å²) in [6.45, 7) is 5.83. The molecule has 36 heavy (non-hydrogen) atoms. The molecular formula is C29H32N4O3. The summed E-state index contributed by atoms with van der Waals surface area (Å²) in [7, 11) is 0. The van der Waals surface area contributed by atoms with Crippen LogP contribution in [0, 0.1) is 5.92 Å². The summed E-state index contributed by atoms with van der Waals surface area (Å²) in [5.41, 5.74) is 2.31. The van der Waals surface area contributed by atoms with Crippen LogP contribution in [0.2, 0.25) is 0 Å². The molecule has 3 aliphatic rings. The lowest BCUT2D eigenvalue weighted by Gasteiger charge is -2.47. The summed E-state index contributed by atoms with van der Waals surface area (Å²) in [5, 5.41) is 5.26. The highest BCUT2D eigenvalue weighted by Gasteiger charge is 2.39. The molecule has 0 radical (unpaired) electrons. The normalized spacial score (nSPS) is 22.3. The number of pyridine rings is 1. The summed E-state index contributed by atoms with van der Waals surface area (Å²) in [4.78, 5) is 42.4. The van der Waals surface area contributed by atoms with Gasteiger partial charge in [0.1, 0.15) is 0 Å². The van der Waals surface area contributed by atoms with Crippen molar-refractivity contribution in [2.24, 2.45) is 5.92 Å². The van der Waals surface area contributed by atoms with Crippen LogP contribution in [0.4, 0.5) is 5.69 Å². The van der Waals surface area contributed by atoms with Gasteiger partial charge in [-0.3, -0.25) is 19.3 Å². The van der Waals surface area contributed by atoms with Crippen LogP contribution in [0.5, 0.6) is 0 Å². The first-order chi connectivity index (χ1) is 17.5.